The minimum absolute atomic E-state index is 0.346. The number of benzene rings is 2. The molecule has 1 aliphatic rings. The van der Waals surface area contributed by atoms with Gasteiger partial charge in [0.2, 0.25) is 0 Å². The van der Waals surface area contributed by atoms with E-state index in [9.17, 15) is 9.59 Å². The van der Waals surface area contributed by atoms with E-state index in [0.717, 1.165) is 4.90 Å². The average molecular weight is 252 g/mol. The maximum absolute atomic E-state index is 12.1. The molecule has 2 aromatic carbocycles. The Kier molecular flexibility index (Phi) is 2.27. The van der Waals surface area contributed by atoms with Crippen LogP contribution in [0.25, 0.3) is 21.2 Å². The van der Waals surface area contributed by atoms with Crippen LogP contribution in [0.3, 0.4) is 0 Å². The van der Waals surface area contributed by atoms with Gasteiger partial charge in [0.1, 0.15) is 0 Å². The summed E-state index contributed by atoms with van der Waals surface area (Å²) in [4.78, 5) is 28.0. The summed E-state index contributed by atoms with van der Waals surface area (Å²) < 4.78 is 0. The Morgan fingerprint density at radius 3 is 2.47 bits per heavy atom. The van der Waals surface area contributed by atoms with E-state index in [-0.39, 0.29) is 11.8 Å². The number of hydrogen-bond donors (Lipinski definition) is 0. The molecule has 0 saturated carbocycles. The molecule has 0 radical (unpaired) electrons. The number of azide groups is 1. The van der Waals surface area contributed by atoms with E-state index in [1.165, 1.54) is 7.05 Å². The number of rotatable bonds is 1. The van der Waals surface area contributed by atoms with E-state index in [1.54, 1.807) is 30.3 Å². The number of nitrogens with zero attached hydrogens (tertiary/aromatic N) is 4. The van der Waals surface area contributed by atoms with Gasteiger partial charge in [-0.3, -0.25) is 14.5 Å². The van der Waals surface area contributed by atoms with Gasteiger partial charge in [0, 0.05) is 34.2 Å². The second kappa shape index (κ2) is 3.83. The lowest BCUT2D eigenvalue weighted by Gasteiger charge is -2.24. The lowest BCUT2D eigenvalue weighted by Crippen LogP contribution is -2.36. The second-order valence-electron chi connectivity index (χ2n) is 4.22. The first kappa shape index (κ1) is 11.3. The molecule has 2 aromatic rings. The first-order valence-electron chi connectivity index (χ1n) is 5.58. The van der Waals surface area contributed by atoms with Gasteiger partial charge in [-0.2, -0.15) is 0 Å². The summed E-state index contributed by atoms with van der Waals surface area (Å²) in [5.74, 6) is -0.692. The third-order valence-corrected chi connectivity index (χ3v) is 3.24. The first-order chi connectivity index (χ1) is 9.15. The molecule has 0 aromatic heterocycles. The maximum atomic E-state index is 12.1. The molecule has 0 bridgehead atoms. The smallest absolute Gasteiger partial charge is 0.261 e. The molecule has 92 valence electrons. The van der Waals surface area contributed by atoms with Gasteiger partial charge < -0.3 is 0 Å². The highest BCUT2D eigenvalue weighted by Crippen LogP contribution is 2.35. The molecule has 19 heavy (non-hydrogen) atoms. The SMILES string of the molecule is CN1C(=O)c2cccc3c(N=[N+]=[N-])ccc(c23)C1=O. The van der Waals surface area contributed by atoms with Crippen LogP contribution in [0.1, 0.15) is 20.7 Å². The van der Waals surface area contributed by atoms with Crippen molar-refractivity contribution in [3.63, 3.8) is 0 Å². The molecule has 0 spiro atoms. The van der Waals surface area contributed by atoms with E-state index in [1.807, 2.05) is 0 Å². The lowest BCUT2D eigenvalue weighted by molar-refractivity contribution is 0.0651. The summed E-state index contributed by atoms with van der Waals surface area (Å²) in [5.41, 5.74) is 9.86. The van der Waals surface area contributed by atoms with Crippen molar-refractivity contribution >= 4 is 28.3 Å². The highest BCUT2D eigenvalue weighted by atomic mass is 16.2. The second-order valence-corrected chi connectivity index (χ2v) is 4.22. The quantitative estimate of drug-likeness (QED) is 0.338. The zero-order valence-electron chi connectivity index (χ0n) is 9.99. The van der Waals surface area contributed by atoms with Crippen LogP contribution in [0.5, 0.6) is 0 Å². The van der Waals surface area contributed by atoms with Gasteiger partial charge in [-0.15, -0.1) is 0 Å². The topological polar surface area (TPSA) is 86.1 Å². The molecule has 0 unspecified atom stereocenters. The van der Waals surface area contributed by atoms with Crippen molar-refractivity contribution in [1.82, 2.24) is 4.90 Å². The van der Waals surface area contributed by atoms with E-state index in [2.05, 4.69) is 10.0 Å². The third kappa shape index (κ3) is 1.41. The van der Waals surface area contributed by atoms with Gasteiger partial charge in [-0.05, 0) is 23.1 Å². The molecule has 0 atom stereocenters. The van der Waals surface area contributed by atoms with Crippen molar-refractivity contribution in [3.8, 4) is 0 Å². The molecule has 0 aliphatic carbocycles. The van der Waals surface area contributed by atoms with Crippen molar-refractivity contribution in [3.05, 3.63) is 51.9 Å². The Morgan fingerprint density at radius 2 is 1.79 bits per heavy atom. The van der Waals surface area contributed by atoms with Gasteiger partial charge in [0.15, 0.2) is 0 Å². The van der Waals surface area contributed by atoms with E-state index < -0.39 is 0 Å². The van der Waals surface area contributed by atoms with Gasteiger partial charge in [-0.1, -0.05) is 23.3 Å². The maximum Gasteiger partial charge on any atom is 0.261 e. The zero-order chi connectivity index (χ0) is 13.6. The highest BCUT2D eigenvalue weighted by Gasteiger charge is 2.30. The number of amides is 2. The predicted molar refractivity (Wildman–Crippen MR) is 69.2 cm³/mol. The molecule has 3 rings (SSSR count). The van der Waals surface area contributed by atoms with Crippen LogP contribution in [0, 0.1) is 0 Å². The molecular formula is C13H8N4O2. The fraction of sp³-hybridized carbons (Fsp3) is 0.0769. The first-order valence-corrected chi connectivity index (χ1v) is 5.58. The number of imide groups is 1. The number of hydrogen-bond acceptors (Lipinski definition) is 3. The number of carbonyl (C=O) groups is 2. The van der Waals surface area contributed by atoms with Crippen molar-refractivity contribution in [2.24, 2.45) is 5.11 Å². The van der Waals surface area contributed by atoms with Crippen molar-refractivity contribution in [2.75, 3.05) is 7.05 Å². The highest BCUT2D eigenvalue weighted by molar-refractivity contribution is 6.26. The molecule has 0 saturated heterocycles. The lowest BCUT2D eigenvalue weighted by atomic mass is 9.93. The Bertz CT molecular complexity index is 768. The standard InChI is InChI=1S/C13H8N4O2/c1-17-12(18)8-4-2-3-7-10(15-16-14)6-5-9(11(7)8)13(17)19/h2-6H,1H3. The number of carbonyl (C=O) groups excluding carboxylic acids is 2. The minimum atomic E-state index is -0.346. The van der Waals surface area contributed by atoms with Crippen LogP contribution >= 0.6 is 0 Å². The Labute approximate surface area is 107 Å². The van der Waals surface area contributed by atoms with E-state index in [4.69, 9.17) is 5.53 Å². The van der Waals surface area contributed by atoms with Crippen LogP contribution in [0.15, 0.2) is 35.4 Å². The summed E-state index contributed by atoms with van der Waals surface area (Å²) in [6.45, 7) is 0. The van der Waals surface area contributed by atoms with Crippen molar-refractivity contribution < 1.29 is 9.59 Å². The molecule has 1 aliphatic heterocycles. The van der Waals surface area contributed by atoms with Gasteiger partial charge in [0.25, 0.3) is 11.8 Å². The summed E-state index contributed by atoms with van der Waals surface area (Å²) in [5, 5.41) is 4.76. The van der Waals surface area contributed by atoms with Gasteiger partial charge in [0.05, 0.1) is 0 Å². The van der Waals surface area contributed by atoms with Crippen LogP contribution < -0.4 is 0 Å². The monoisotopic (exact) mass is 252 g/mol. The minimum Gasteiger partial charge on any atom is -0.277 e. The molecule has 6 heteroatoms. The molecule has 2 amide bonds. The summed E-state index contributed by atoms with van der Waals surface area (Å²) >= 11 is 0. The Balaban J connectivity index is 2.50. The Hall–Kier alpha value is -2.85. The normalized spacial score (nSPS) is 13.6. The molecule has 0 fully saturated rings. The predicted octanol–water partition coefficient (Wildman–Crippen LogP) is 3.01. The Morgan fingerprint density at radius 1 is 1.11 bits per heavy atom. The molecule has 6 nitrogen and oxygen atoms in total. The van der Waals surface area contributed by atoms with E-state index >= 15 is 0 Å². The fourth-order valence-corrected chi connectivity index (χ4v) is 2.34. The van der Waals surface area contributed by atoms with Gasteiger partial charge in [-0.25, -0.2) is 0 Å². The zero-order valence-corrected chi connectivity index (χ0v) is 9.99. The van der Waals surface area contributed by atoms with E-state index in [0.29, 0.717) is 27.6 Å². The van der Waals surface area contributed by atoms with Crippen LogP contribution in [0.4, 0.5) is 5.69 Å². The fourth-order valence-electron chi connectivity index (χ4n) is 2.34. The summed E-state index contributed by atoms with van der Waals surface area (Å²) in [6.07, 6.45) is 0. The molecule has 0 N–H and O–H groups in total. The summed E-state index contributed by atoms with van der Waals surface area (Å²) in [7, 11) is 1.45. The van der Waals surface area contributed by atoms with Crippen molar-refractivity contribution in [2.45, 2.75) is 0 Å². The average Bonchev–Trinajstić information content (AvgIpc) is 2.44. The van der Waals surface area contributed by atoms with Crippen molar-refractivity contribution in [1.29, 1.82) is 0 Å². The van der Waals surface area contributed by atoms with Crippen LogP contribution in [0.2, 0.25) is 0 Å². The molecular weight excluding hydrogens is 244 g/mol. The van der Waals surface area contributed by atoms with Gasteiger partial charge >= 0.3 is 0 Å². The van der Waals surface area contributed by atoms with Crippen LogP contribution in [-0.2, 0) is 0 Å². The largest absolute Gasteiger partial charge is 0.277 e. The third-order valence-electron chi connectivity index (χ3n) is 3.24. The summed E-state index contributed by atoms with van der Waals surface area (Å²) in [6, 6.07) is 8.28. The van der Waals surface area contributed by atoms with Crippen LogP contribution in [-0.4, -0.2) is 23.8 Å². The molecule has 1 heterocycles.